The number of anilines is 1. The summed E-state index contributed by atoms with van der Waals surface area (Å²) in [6.07, 6.45) is 0. The largest absolute Gasteiger partial charge is 0.462 e. The Morgan fingerprint density at radius 1 is 0.941 bits per heavy atom. The van der Waals surface area contributed by atoms with E-state index in [4.69, 9.17) is 9.47 Å². The second kappa shape index (κ2) is 9.43. The van der Waals surface area contributed by atoms with Gasteiger partial charge in [0.05, 0.1) is 12.2 Å². The van der Waals surface area contributed by atoms with Crippen molar-refractivity contribution in [3.63, 3.8) is 0 Å². The average Bonchev–Trinajstić information content (AvgIpc) is 3.30. The van der Waals surface area contributed by atoms with Gasteiger partial charge >= 0.3 is 11.9 Å². The third-order valence-corrected chi connectivity index (χ3v) is 5.83. The van der Waals surface area contributed by atoms with Crippen molar-refractivity contribution in [2.24, 2.45) is 0 Å². The van der Waals surface area contributed by atoms with Crippen molar-refractivity contribution in [2.45, 2.75) is 34.2 Å². The molecule has 34 heavy (non-hydrogen) atoms. The van der Waals surface area contributed by atoms with Crippen LogP contribution < -0.4 is 5.32 Å². The average molecular weight is 462 g/mol. The van der Waals surface area contributed by atoms with E-state index in [2.05, 4.69) is 33.9 Å². The lowest BCUT2D eigenvalue weighted by molar-refractivity contribution is -0.119. The molecule has 0 bridgehead atoms. The number of carbonyl (C=O) groups excluding carboxylic acids is 3. The summed E-state index contributed by atoms with van der Waals surface area (Å²) >= 11 is 0. The third kappa shape index (κ3) is 4.14. The molecule has 4 aromatic rings. The van der Waals surface area contributed by atoms with Crippen molar-refractivity contribution in [3.05, 3.63) is 65.0 Å². The number of fused-ring (bicyclic) bond motifs is 3. The molecule has 0 atom stereocenters. The number of para-hydroxylation sites is 1. The zero-order valence-electron chi connectivity index (χ0n) is 19.7. The molecule has 0 radical (unpaired) electrons. The number of aryl methyl sites for hydroxylation is 2. The molecule has 0 aliphatic rings. The number of rotatable bonds is 7. The van der Waals surface area contributed by atoms with Gasteiger partial charge in [-0.1, -0.05) is 18.2 Å². The molecular formula is C26H27N3O5. The van der Waals surface area contributed by atoms with Crippen LogP contribution in [0.2, 0.25) is 0 Å². The third-order valence-electron chi connectivity index (χ3n) is 5.83. The fourth-order valence-electron chi connectivity index (χ4n) is 4.34. The molecule has 0 aliphatic carbocycles. The zero-order chi connectivity index (χ0) is 24.4. The number of carbonyl (C=O) groups is 3. The highest BCUT2D eigenvalue weighted by molar-refractivity contribution is 6.10. The van der Waals surface area contributed by atoms with Crippen LogP contribution in [0.5, 0.6) is 0 Å². The van der Waals surface area contributed by atoms with Crippen LogP contribution in [0.3, 0.4) is 0 Å². The number of benzene rings is 2. The Morgan fingerprint density at radius 2 is 1.68 bits per heavy atom. The topological polar surface area (TPSA) is 102 Å². The Balaban J connectivity index is 1.46. The number of hydrogen-bond acceptors (Lipinski definition) is 5. The van der Waals surface area contributed by atoms with Crippen LogP contribution in [0.15, 0.2) is 42.5 Å². The second-order valence-corrected chi connectivity index (χ2v) is 7.96. The van der Waals surface area contributed by atoms with Crippen LogP contribution in [0.25, 0.3) is 21.8 Å². The van der Waals surface area contributed by atoms with Gasteiger partial charge in [-0.25, -0.2) is 9.59 Å². The molecule has 0 aliphatic heterocycles. The number of aromatic amines is 1. The number of nitrogens with zero attached hydrogens (tertiary/aromatic N) is 1. The van der Waals surface area contributed by atoms with Gasteiger partial charge in [0.25, 0.3) is 5.91 Å². The maximum absolute atomic E-state index is 12.5. The molecule has 2 N–H and O–H groups in total. The van der Waals surface area contributed by atoms with Gasteiger partial charge in [-0.15, -0.1) is 0 Å². The standard InChI is InChI=1S/C26H27N3O5/c1-5-29-20-10-8-7-9-18(20)19-13-17(11-12-21(19)29)28-22(30)14-34-26(32)24-15(3)23(16(4)27-24)25(31)33-6-2/h7-13,27H,5-6,14H2,1-4H3,(H,28,30). The summed E-state index contributed by atoms with van der Waals surface area (Å²) in [6.45, 7) is 7.72. The number of amides is 1. The molecule has 8 heteroatoms. The van der Waals surface area contributed by atoms with Gasteiger partial charge in [0, 0.05) is 39.7 Å². The number of H-pyrrole nitrogens is 1. The predicted octanol–water partition coefficient (Wildman–Crippen LogP) is 4.73. The minimum atomic E-state index is -0.715. The highest BCUT2D eigenvalue weighted by Crippen LogP contribution is 2.31. The Labute approximate surface area is 196 Å². The normalized spacial score (nSPS) is 11.1. The number of nitrogens with one attached hydrogen (secondary N) is 2. The van der Waals surface area contributed by atoms with Crippen molar-refractivity contribution in [1.29, 1.82) is 0 Å². The maximum atomic E-state index is 12.5. The van der Waals surface area contributed by atoms with Gasteiger partial charge in [-0.2, -0.15) is 0 Å². The minimum absolute atomic E-state index is 0.127. The Kier molecular flexibility index (Phi) is 6.40. The highest BCUT2D eigenvalue weighted by atomic mass is 16.5. The quantitative estimate of drug-likeness (QED) is 0.387. The summed E-state index contributed by atoms with van der Waals surface area (Å²) in [6, 6.07) is 13.9. The summed E-state index contributed by atoms with van der Waals surface area (Å²) in [5.74, 6) is -1.68. The van der Waals surface area contributed by atoms with Gasteiger partial charge in [0.15, 0.2) is 6.61 Å². The van der Waals surface area contributed by atoms with E-state index in [0.29, 0.717) is 22.5 Å². The first kappa shape index (κ1) is 23.1. The van der Waals surface area contributed by atoms with E-state index in [1.807, 2.05) is 30.3 Å². The van der Waals surface area contributed by atoms with Crippen LogP contribution in [0.1, 0.15) is 46.0 Å². The van der Waals surface area contributed by atoms with Gasteiger partial charge < -0.3 is 24.3 Å². The fraction of sp³-hybridized carbons (Fsp3) is 0.269. The lowest BCUT2D eigenvalue weighted by Gasteiger charge is -2.08. The van der Waals surface area contributed by atoms with Crippen molar-refractivity contribution in [1.82, 2.24) is 9.55 Å². The van der Waals surface area contributed by atoms with Crippen LogP contribution in [-0.2, 0) is 20.8 Å². The van der Waals surface area contributed by atoms with Crippen molar-refractivity contribution in [2.75, 3.05) is 18.5 Å². The van der Waals surface area contributed by atoms with Gasteiger partial charge in [0.2, 0.25) is 0 Å². The first-order valence-corrected chi connectivity index (χ1v) is 11.2. The number of ether oxygens (including phenoxy) is 2. The monoisotopic (exact) mass is 461 g/mol. The smallest absolute Gasteiger partial charge is 0.355 e. The summed E-state index contributed by atoms with van der Waals surface area (Å²) in [4.78, 5) is 40.0. The molecule has 2 aromatic heterocycles. The van der Waals surface area contributed by atoms with Gasteiger partial charge in [0.1, 0.15) is 5.69 Å². The van der Waals surface area contributed by atoms with E-state index in [9.17, 15) is 14.4 Å². The van der Waals surface area contributed by atoms with E-state index in [1.54, 1.807) is 20.8 Å². The molecule has 0 fully saturated rings. The summed E-state index contributed by atoms with van der Waals surface area (Å²) in [5.41, 5.74) is 4.20. The lowest BCUT2D eigenvalue weighted by Crippen LogP contribution is -2.21. The van der Waals surface area contributed by atoms with Crippen LogP contribution in [-0.4, -0.2) is 40.6 Å². The first-order chi connectivity index (χ1) is 16.3. The molecule has 0 spiro atoms. The molecule has 0 saturated heterocycles. The van der Waals surface area contributed by atoms with Gasteiger partial charge in [-0.05, 0) is 57.5 Å². The second-order valence-electron chi connectivity index (χ2n) is 7.96. The molecule has 4 rings (SSSR count). The highest BCUT2D eigenvalue weighted by Gasteiger charge is 2.24. The van der Waals surface area contributed by atoms with Crippen LogP contribution >= 0.6 is 0 Å². The molecule has 2 heterocycles. The molecule has 176 valence electrons. The molecule has 0 unspecified atom stereocenters. The van der Waals surface area contributed by atoms with E-state index < -0.39 is 24.5 Å². The summed E-state index contributed by atoms with van der Waals surface area (Å²) < 4.78 is 12.5. The molecule has 1 amide bonds. The SMILES string of the molecule is CCOC(=O)c1c(C)[nH]c(C(=O)OCC(=O)Nc2ccc3c(c2)c2ccccc2n3CC)c1C. The van der Waals surface area contributed by atoms with Gasteiger partial charge in [-0.3, -0.25) is 4.79 Å². The van der Waals surface area contributed by atoms with Crippen LogP contribution in [0, 0.1) is 13.8 Å². The minimum Gasteiger partial charge on any atom is -0.462 e. The number of aromatic nitrogens is 2. The first-order valence-electron chi connectivity index (χ1n) is 11.2. The molecule has 2 aromatic carbocycles. The molecule has 0 saturated carbocycles. The van der Waals surface area contributed by atoms with E-state index >= 15 is 0 Å². The Bertz CT molecular complexity index is 1410. The summed E-state index contributed by atoms with van der Waals surface area (Å²) in [7, 11) is 0. The lowest BCUT2D eigenvalue weighted by atomic mass is 10.1. The summed E-state index contributed by atoms with van der Waals surface area (Å²) in [5, 5.41) is 4.94. The number of hydrogen-bond donors (Lipinski definition) is 2. The van der Waals surface area contributed by atoms with Crippen molar-refractivity contribution < 1.29 is 23.9 Å². The molecule has 8 nitrogen and oxygen atoms in total. The maximum Gasteiger partial charge on any atom is 0.355 e. The van der Waals surface area contributed by atoms with E-state index in [0.717, 1.165) is 28.4 Å². The van der Waals surface area contributed by atoms with Crippen LogP contribution in [0.4, 0.5) is 5.69 Å². The van der Waals surface area contributed by atoms with Crippen molar-refractivity contribution >= 4 is 45.3 Å². The Hall–Kier alpha value is -4.07. The Morgan fingerprint density at radius 3 is 2.41 bits per heavy atom. The predicted molar refractivity (Wildman–Crippen MR) is 130 cm³/mol. The van der Waals surface area contributed by atoms with E-state index in [-0.39, 0.29) is 12.3 Å². The van der Waals surface area contributed by atoms with Crippen molar-refractivity contribution in [3.8, 4) is 0 Å². The zero-order valence-corrected chi connectivity index (χ0v) is 19.7. The number of esters is 2. The fourth-order valence-corrected chi connectivity index (χ4v) is 4.34. The molecular weight excluding hydrogens is 434 g/mol. The van der Waals surface area contributed by atoms with E-state index in [1.165, 1.54) is 0 Å².